The number of aryl methyl sites for hydroxylation is 2. The normalized spacial score (nSPS) is 14.1. The summed E-state index contributed by atoms with van der Waals surface area (Å²) in [5.74, 6) is 1.67. The summed E-state index contributed by atoms with van der Waals surface area (Å²) in [6.45, 7) is 6.45. The van der Waals surface area contributed by atoms with Crippen molar-refractivity contribution in [3.63, 3.8) is 0 Å². The van der Waals surface area contributed by atoms with E-state index in [1.165, 1.54) is 0 Å². The summed E-state index contributed by atoms with van der Waals surface area (Å²) in [7, 11) is 3.33. The molecule has 1 aromatic carbocycles. The van der Waals surface area contributed by atoms with Crippen LogP contribution in [0.15, 0.2) is 29.1 Å². The van der Waals surface area contributed by atoms with Crippen molar-refractivity contribution in [2.24, 2.45) is 7.05 Å². The van der Waals surface area contributed by atoms with Crippen molar-refractivity contribution in [1.82, 2.24) is 24.2 Å². The molecule has 3 aromatic rings. The summed E-state index contributed by atoms with van der Waals surface area (Å²) in [4.78, 5) is 34.3. The van der Waals surface area contributed by atoms with Crippen LogP contribution in [0.5, 0.6) is 11.5 Å². The number of piperazine rings is 1. The van der Waals surface area contributed by atoms with E-state index in [1.54, 1.807) is 40.4 Å². The largest absolute Gasteiger partial charge is 0.493 e. The fraction of sp³-hybridized carbons (Fsp3) is 0.455. The number of anilines is 1. The van der Waals surface area contributed by atoms with Crippen molar-refractivity contribution in [3.05, 3.63) is 40.3 Å². The molecule has 3 heterocycles. The smallest absolute Gasteiger partial charge is 0.281 e. The van der Waals surface area contributed by atoms with Gasteiger partial charge in [-0.2, -0.15) is 5.10 Å². The Balaban J connectivity index is 1.45. The Bertz CT molecular complexity index is 1190. The maximum atomic E-state index is 13.0. The number of methoxy groups -OCH3 is 1. The number of ether oxygens (including phenoxy) is 2. The van der Waals surface area contributed by atoms with Gasteiger partial charge in [0.25, 0.3) is 11.5 Å². The molecule has 10 heteroatoms. The molecule has 32 heavy (non-hydrogen) atoms. The molecule has 1 saturated heterocycles. The maximum Gasteiger partial charge on any atom is 0.281 e. The Kier molecular flexibility index (Phi) is 6.02. The van der Waals surface area contributed by atoms with Crippen LogP contribution in [-0.4, -0.2) is 70.0 Å². The topological polar surface area (TPSA) is 94.7 Å². The van der Waals surface area contributed by atoms with Crippen molar-refractivity contribution < 1.29 is 14.3 Å². The van der Waals surface area contributed by atoms with E-state index in [9.17, 15) is 9.59 Å². The lowest BCUT2D eigenvalue weighted by molar-refractivity contribution is -0.133. The number of para-hydroxylation sites is 2. The first-order valence-electron chi connectivity index (χ1n) is 10.7. The van der Waals surface area contributed by atoms with Gasteiger partial charge in [0.15, 0.2) is 23.6 Å². The van der Waals surface area contributed by atoms with Crippen molar-refractivity contribution in [2.45, 2.75) is 20.4 Å². The number of hydrogen-bond donors (Lipinski definition) is 0. The van der Waals surface area contributed by atoms with E-state index >= 15 is 0 Å². The molecule has 0 bridgehead atoms. The summed E-state index contributed by atoms with van der Waals surface area (Å²) in [5, 5.41) is 4.35. The highest BCUT2D eigenvalue weighted by atomic mass is 16.5. The average Bonchev–Trinajstić information content (AvgIpc) is 3.10. The van der Waals surface area contributed by atoms with Gasteiger partial charge in [0.2, 0.25) is 5.95 Å². The lowest BCUT2D eigenvalue weighted by Gasteiger charge is -2.36. The molecule has 0 atom stereocenters. The lowest BCUT2D eigenvalue weighted by atomic mass is 10.3. The highest BCUT2D eigenvalue weighted by Gasteiger charge is 2.26. The van der Waals surface area contributed by atoms with E-state index in [2.05, 4.69) is 10.00 Å². The summed E-state index contributed by atoms with van der Waals surface area (Å²) < 4.78 is 14.2. The third-order valence-corrected chi connectivity index (χ3v) is 5.74. The number of nitrogens with zero attached hydrogens (tertiary/aromatic N) is 6. The zero-order valence-electron chi connectivity index (χ0n) is 18.9. The molecule has 2 aromatic heterocycles. The number of amides is 1. The second kappa shape index (κ2) is 8.89. The molecule has 170 valence electrons. The second-order valence-electron chi connectivity index (χ2n) is 7.67. The minimum atomic E-state index is -0.0979. The fourth-order valence-electron chi connectivity index (χ4n) is 4.05. The van der Waals surface area contributed by atoms with Crippen LogP contribution in [0, 0.1) is 6.92 Å². The van der Waals surface area contributed by atoms with Gasteiger partial charge in [-0.15, -0.1) is 0 Å². The van der Waals surface area contributed by atoms with Crippen LogP contribution in [0.3, 0.4) is 0 Å². The lowest BCUT2D eigenvalue weighted by Crippen LogP contribution is -2.51. The van der Waals surface area contributed by atoms with Crippen LogP contribution in [0.25, 0.3) is 11.0 Å². The highest BCUT2D eigenvalue weighted by molar-refractivity contribution is 5.79. The fourth-order valence-corrected chi connectivity index (χ4v) is 4.05. The van der Waals surface area contributed by atoms with E-state index in [4.69, 9.17) is 14.5 Å². The number of carbonyl (C=O) groups excluding carboxylic acids is 1. The Morgan fingerprint density at radius 1 is 1.12 bits per heavy atom. The Hall–Kier alpha value is -3.56. The van der Waals surface area contributed by atoms with Crippen molar-refractivity contribution in [2.75, 3.05) is 44.8 Å². The number of carbonyl (C=O) groups is 1. The first kappa shape index (κ1) is 21.7. The van der Waals surface area contributed by atoms with Gasteiger partial charge in [-0.3, -0.25) is 18.8 Å². The van der Waals surface area contributed by atoms with Gasteiger partial charge in [0.05, 0.1) is 12.8 Å². The second-order valence-corrected chi connectivity index (χ2v) is 7.67. The van der Waals surface area contributed by atoms with Crippen LogP contribution in [0.4, 0.5) is 5.95 Å². The van der Waals surface area contributed by atoms with E-state index in [1.807, 2.05) is 26.0 Å². The van der Waals surface area contributed by atoms with Gasteiger partial charge in [-0.1, -0.05) is 12.1 Å². The summed E-state index contributed by atoms with van der Waals surface area (Å²) in [5.41, 5.74) is 1.77. The Morgan fingerprint density at radius 2 is 1.81 bits per heavy atom. The molecule has 0 N–H and O–H groups in total. The molecule has 0 spiro atoms. The van der Waals surface area contributed by atoms with Gasteiger partial charge < -0.3 is 19.3 Å². The highest BCUT2D eigenvalue weighted by Crippen LogP contribution is 2.26. The summed E-state index contributed by atoms with van der Waals surface area (Å²) in [6, 6.07) is 7.25. The molecule has 4 rings (SSSR count). The van der Waals surface area contributed by atoms with Gasteiger partial charge in [-0.25, -0.2) is 4.98 Å². The molecule has 1 amide bonds. The van der Waals surface area contributed by atoms with Gasteiger partial charge in [0, 0.05) is 39.8 Å². The number of fused-ring (bicyclic) bond motifs is 1. The van der Waals surface area contributed by atoms with Crippen LogP contribution >= 0.6 is 0 Å². The summed E-state index contributed by atoms with van der Waals surface area (Å²) >= 11 is 0. The van der Waals surface area contributed by atoms with Gasteiger partial charge in [-0.05, 0) is 26.0 Å². The molecule has 1 aliphatic heterocycles. The molecule has 0 saturated carbocycles. The molecular formula is C22H28N6O4. The molecule has 1 fully saturated rings. The zero-order valence-corrected chi connectivity index (χ0v) is 18.9. The van der Waals surface area contributed by atoms with E-state index in [-0.39, 0.29) is 18.1 Å². The summed E-state index contributed by atoms with van der Waals surface area (Å²) in [6.07, 6.45) is 0. The molecule has 10 nitrogen and oxygen atoms in total. The van der Waals surface area contributed by atoms with Crippen LogP contribution in [0.2, 0.25) is 0 Å². The quantitative estimate of drug-likeness (QED) is 0.568. The van der Waals surface area contributed by atoms with Crippen molar-refractivity contribution in [3.8, 4) is 11.5 Å². The predicted molar refractivity (Wildman–Crippen MR) is 120 cm³/mol. The SMILES string of the molecule is CCn1c(N2CCN(C(=O)COc3ccccc3OC)CC2)nc2c(C)nn(C)c2c1=O. The predicted octanol–water partition coefficient (Wildman–Crippen LogP) is 1.19. The van der Waals surface area contributed by atoms with Gasteiger partial charge in [0.1, 0.15) is 5.52 Å². The molecular weight excluding hydrogens is 412 g/mol. The maximum absolute atomic E-state index is 13.0. The molecule has 0 aliphatic carbocycles. The van der Waals surface area contributed by atoms with Gasteiger partial charge >= 0.3 is 0 Å². The third kappa shape index (κ3) is 3.88. The molecule has 1 aliphatic rings. The Labute approximate surface area is 186 Å². The Morgan fingerprint density at radius 3 is 2.47 bits per heavy atom. The van der Waals surface area contributed by atoms with Crippen molar-refractivity contribution in [1.29, 1.82) is 0 Å². The van der Waals surface area contributed by atoms with E-state index in [0.29, 0.717) is 61.2 Å². The number of benzene rings is 1. The number of aromatic nitrogens is 4. The zero-order chi connectivity index (χ0) is 22.8. The van der Waals surface area contributed by atoms with Crippen LogP contribution in [0.1, 0.15) is 12.6 Å². The minimum absolute atomic E-state index is 0.0564. The molecule has 0 unspecified atom stereocenters. The molecule has 0 radical (unpaired) electrons. The van der Waals surface area contributed by atoms with Crippen molar-refractivity contribution >= 4 is 22.9 Å². The third-order valence-electron chi connectivity index (χ3n) is 5.74. The van der Waals surface area contributed by atoms with Crippen LogP contribution in [-0.2, 0) is 18.4 Å². The van der Waals surface area contributed by atoms with E-state index in [0.717, 1.165) is 5.69 Å². The number of rotatable bonds is 6. The first-order chi connectivity index (χ1) is 15.4. The number of hydrogen-bond acceptors (Lipinski definition) is 7. The van der Waals surface area contributed by atoms with Crippen LogP contribution < -0.4 is 19.9 Å². The minimum Gasteiger partial charge on any atom is -0.493 e. The monoisotopic (exact) mass is 440 g/mol. The standard InChI is InChI=1S/C22H28N6O4/c1-5-28-21(30)20-19(15(2)24-25(20)3)23-22(28)27-12-10-26(11-13-27)18(29)14-32-17-9-7-6-8-16(17)31-4/h6-9H,5,10-14H2,1-4H3. The van der Waals surface area contributed by atoms with E-state index < -0.39 is 0 Å². The first-order valence-corrected chi connectivity index (χ1v) is 10.7. The average molecular weight is 441 g/mol.